The average Bonchev–Trinajstić information content (AvgIpc) is 3.58. The highest BCUT2D eigenvalue weighted by atomic mass is 19.1. The van der Waals surface area contributed by atoms with Crippen molar-refractivity contribution < 1.29 is 37.0 Å². The third-order valence-electron chi connectivity index (χ3n) is 5.97. The van der Waals surface area contributed by atoms with E-state index in [9.17, 15) is 18.8 Å². The SMILES string of the molecule is C#C[C@@]1(COC(=O)CCCN(C)C(=O)OCc2oc(=O)oc2C)CC[C@H](n2cnc3c(N)nc(F)nc32)O1. The number of ether oxygens (including phenoxy) is 3. The lowest BCUT2D eigenvalue weighted by Gasteiger charge is -2.24. The van der Waals surface area contributed by atoms with Gasteiger partial charge in [-0.2, -0.15) is 14.4 Å². The number of aromatic nitrogens is 4. The molecule has 1 aliphatic heterocycles. The van der Waals surface area contributed by atoms with Crippen LogP contribution in [0, 0.1) is 25.3 Å². The summed E-state index contributed by atoms with van der Waals surface area (Å²) in [7, 11) is 1.50. The van der Waals surface area contributed by atoms with Crippen LogP contribution in [0.15, 0.2) is 20.0 Å². The van der Waals surface area contributed by atoms with Crippen LogP contribution in [0.1, 0.15) is 43.4 Å². The molecule has 4 rings (SSSR count). The van der Waals surface area contributed by atoms with E-state index in [1.165, 1.54) is 29.8 Å². The standard InChI is InChI=1S/C23H25FN6O8/c1-4-23(8-7-15(38-23)30-12-26-17-18(25)27-20(24)28-19(17)30)11-35-16(31)6-5-9-29(3)21(32)34-10-14-13(2)36-22(33)37-14/h1,12,15H,5-11H2,2-3H3,(H2,25,27,28)/t15-,23+/m1/s1. The smallest absolute Gasteiger partial charge is 0.462 e. The Balaban J connectivity index is 1.23. The van der Waals surface area contributed by atoms with Gasteiger partial charge >= 0.3 is 24.0 Å². The van der Waals surface area contributed by atoms with Crippen molar-refractivity contribution in [1.82, 2.24) is 24.4 Å². The maximum atomic E-state index is 13.7. The summed E-state index contributed by atoms with van der Waals surface area (Å²) in [4.78, 5) is 48.0. The molecule has 1 saturated heterocycles. The summed E-state index contributed by atoms with van der Waals surface area (Å²) in [5, 5.41) is 0. The Morgan fingerprint density at radius 2 is 2.16 bits per heavy atom. The fraction of sp³-hybridized carbons (Fsp3) is 0.478. The van der Waals surface area contributed by atoms with Gasteiger partial charge in [0, 0.05) is 20.0 Å². The molecule has 4 heterocycles. The van der Waals surface area contributed by atoms with Crippen LogP contribution in [0.3, 0.4) is 0 Å². The van der Waals surface area contributed by atoms with Crippen LogP contribution in [-0.4, -0.2) is 62.3 Å². The largest absolute Gasteiger partial charge is 0.519 e. The highest BCUT2D eigenvalue weighted by Gasteiger charge is 2.41. The molecular weight excluding hydrogens is 507 g/mol. The fourth-order valence-corrected chi connectivity index (χ4v) is 3.87. The van der Waals surface area contributed by atoms with Gasteiger partial charge in [0.15, 0.2) is 40.7 Å². The quantitative estimate of drug-likeness (QED) is 0.240. The second-order valence-electron chi connectivity index (χ2n) is 8.63. The van der Waals surface area contributed by atoms with E-state index in [-0.39, 0.29) is 54.7 Å². The number of nitrogen functional groups attached to an aromatic ring is 1. The lowest BCUT2D eigenvalue weighted by Crippen LogP contribution is -2.34. The first-order valence-electron chi connectivity index (χ1n) is 11.5. The summed E-state index contributed by atoms with van der Waals surface area (Å²) < 4.78 is 41.1. The van der Waals surface area contributed by atoms with Crippen LogP contribution in [0.4, 0.5) is 15.0 Å². The summed E-state index contributed by atoms with van der Waals surface area (Å²) in [5.41, 5.74) is 4.92. The van der Waals surface area contributed by atoms with Gasteiger partial charge in [-0.05, 0) is 26.2 Å². The number of hydrogen-bond donors (Lipinski definition) is 1. The number of fused-ring (bicyclic) bond motifs is 1. The molecule has 0 aliphatic carbocycles. The van der Waals surface area contributed by atoms with Gasteiger partial charge in [0.05, 0.1) is 6.33 Å². The number of nitrogens with two attached hydrogens (primary N) is 1. The molecule has 0 unspecified atom stereocenters. The van der Waals surface area contributed by atoms with Crippen molar-refractivity contribution in [3.05, 3.63) is 34.5 Å². The number of nitrogens with zero attached hydrogens (tertiary/aromatic N) is 5. The molecule has 38 heavy (non-hydrogen) atoms. The number of hydrogen-bond acceptors (Lipinski definition) is 12. The third kappa shape index (κ3) is 5.75. The minimum absolute atomic E-state index is 0.0129. The van der Waals surface area contributed by atoms with Crippen LogP contribution in [0.25, 0.3) is 11.2 Å². The topological polar surface area (TPSA) is 178 Å². The molecular formula is C23H25FN6O8. The molecule has 0 saturated carbocycles. The maximum absolute atomic E-state index is 13.7. The van der Waals surface area contributed by atoms with Crippen molar-refractivity contribution in [2.24, 2.45) is 0 Å². The molecule has 3 aromatic rings. The lowest BCUT2D eigenvalue weighted by molar-refractivity contribution is -0.152. The first-order valence-corrected chi connectivity index (χ1v) is 11.5. The van der Waals surface area contributed by atoms with E-state index in [0.29, 0.717) is 19.3 Å². The number of rotatable bonds is 9. The van der Waals surface area contributed by atoms with Crippen molar-refractivity contribution in [3.8, 4) is 12.3 Å². The molecule has 15 heteroatoms. The maximum Gasteiger partial charge on any atom is 0.519 e. The summed E-state index contributed by atoms with van der Waals surface area (Å²) >= 11 is 0. The summed E-state index contributed by atoms with van der Waals surface area (Å²) in [6.45, 7) is 1.26. The van der Waals surface area contributed by atoms with Gasteiger partial charge < -0.3 is 33.7 Å². The highest BCUT2D eigenvalue weighted by molar-refractivity contribution is 5.81. The summed E-state index contributed by atoms with van der Waals surface area (Å²) in [6, 6.07) is 0. The Morgan fingerprint density at radius 1 is 1.37 bits per heavy atom. The Morgan fingerprint density at radius 3 is 2.87 bits per heavy atom. The number of aryl methyl sites for hydroxylation is 1. The molecule has 0 spiro atoms. The van der Waals surface area contributed by atoms with Crippen molar-refractivity contribution >= 4 is 29.0 Å². The van der Waals surface area contributed by atoms with Crippen LogP contribution >= 0.6 is 0 Å². The Labute approximate surface area is 214 Å². The normalized spacial score (nSPS) is 18.8. The van der Waals surface area contributed by atoms with Gasteiger partial charge in [-0.1, -0.05) is 5.92 Å². The van der Waals surface area contributed by atoms with E-state index in [0.717, 1.165) is 0 Å². The minimum Gasteiger partial charge on any atom is -0.462 e. The fourth-order valence-electron chi connectivity index (χ4n) is 3.87. The number of amides is 1. The first-order chi connectivity index (χ1) is 18.1. The van der Waals surface area contributed by atoms with Crippen LogP contribution in [-0.2, 0) is 25.6 Å². The molecule has 0 aromatic carbocycles. The van der Waals surface area contributed by atoms with E-state index in [1.807, 2.05) is 0 Å². The van der Waals surface area contributed by atoms with Crippen molar-refractivity contribution in [2.75, 3.05) is 25.9 Å². The summed E-state index contributed by atoms with van der Waals surface area (Å²) in [6.07, 6.45) is 5.94. The zero-order valence-corrected chi connectivity index (χ0v) is 20.6. The Bertz CT molecular complexity index is 1440. The zero-order chi connectivity index (χ0) is 27.4. The van der Waals surface area contributed by atoms with Crippen LogP contribution < -0.4 is 11.6 Å². The number of terminal acetylenes is 1. The monoisotopic (exact) mass is 532 g/mol. The Hall–Kier alpha value is -4.45. The summed E-state index contributed by atoms with van der Waals surface area (Å²) in [5.74, 6) is 1.39. The molecule has 1 fully saturated rings. The molecule has 0 radical (unpaired) electrons. The van der Waals surface area contributed by atoms with Crippen molar-refractivity contribution in [2.45, 2.75) is 51.0 Å². The molecule has 1 aliphatic rings. The second kappa shape index (κ2) is 10.9. The second-order valence-corrected chi connectivity index (χ2v) is 8.63. The zero-order valence-electron chi connectivity index (χ0n) is 20.6. The first kappa shape index (κ1) is 26.6. The molecule has 1 amide bonds. The minimum atomic E-state index is -1.19. The molecule has 14 nitrogen and oxygen atoms in total. The average molecular weight is 532 g/mol. The number of carbonyl (C=O) groups excluding carboxylic acids is 2. The van der Waals surface area contributed by atoms with Crippen molar-refractivity contribution in [3.63, 3.8) is 0 Å². The van der Waals surface area contributed by atoms with E-state index in [1.54, 1.807) is 0 Å². The van der Waals surface area contributed by atoms with Crippen molar-refractivity contribution in [1.29, 1.82) is 0 Å². The van der Waals surface area contributed by atoms with Crippen LogP contribution in [0.2, 0.25) is 0 Å². The number of carbonyl (C=O) groups is 2. The Kier molecular flexibility index (Phi) is 7.62. The number of imidazole rings is 1. The molecule has 2 N–H and O–H groups in total. The van der Waals surface area contributed by atoms with Gasteiger partial charge in [-0.15, -0.1) is 6.42 Å². The van der Waals surface area contributed by atoms with Gasteiger partial charge in [-0.3, -0.25) is 9.36 Å². The molecule has 3 aromatic heterocycles. The number of anilines is 1. The van der Waals surface area contributed by atoms with Gasteiger partial charge in [0.25, 0.3) is 0 Å². The molecule has 202 valence electrons. The van der Waals surface area contributed by atoms with Gasteiger partial charge in [-0.25, -0.2) is 14.6 Å². The highest BCUT2D eigenvalue weighted by Crippen LogP contribution is 2.38. The predicted molar refractivity (Wildman–Crippen MR) is 126 cm³/mol. The molecule has 0 bridgehead atoms. The van der Waals surface area contributed by atoms with Gasteiger partial charge in [0.1, 0.15) is 12.8 Å². The lowest BCUT2D eigenvalue weighted by atomic mass is 10.0. The number of halogens is 1. The third-order valence-corrected chi connectivity index (χ3v) is 5.97. The molecule has 2 atom stereocenters. The van der Waals surface area contributed by atoms with E-state index in [4.69, 9.17) is 35.2 Å². The van der Waals surface area contributed by atoms with E-state index >= 15 is 0 Å². The van der Waals surface area contributed by atoms with E-state index in [2.05, 4.69) is 20.9 Å². The van der Waals surface area contributed by atoms with Gasteiger partial charge in [0.2, 0.25) is 0 Å². The number of esters is 1. The predicted octanol–water partition coefficient (Wildman–Crippen LogP) is 1.68. The van der Waals surface area contributed by atoms with Crippen LogP contribution in [0.5, 0.6) is 0 Å². The van der Waals surface area contributed by atoms with E-state index < -0.39 is 35.8 Å².